The minimum absolute atomic E-state index is 0.0969. The molecule has 6 atom stereocenters. The Hall–Kier alpha value is -4.71. The zero-order chi connectivity index (χ0) is 43.0. The molecule has 4 fully saturated rings. The van der Waals surface area contributed by atoms with Crippen LogP contribution in [-0.2, 0) is 62.9 Å². The fourth-order valence-corrected chi connectivity index (χ4v) is 10.3. The molecular weight excluding hydrogens is 797 g/mol. The molecule has 0 unspecified atom stereocenters. The molecule has 7 rings (SSSR count). The Kier molecular flexibility index (Phi) is 12.5. The van der Waals surface area contributed by atoms with Crippen LogP contribution in [0.3, 0.4) is 0 Å². The number of nitrogens with zero attached hydrogens (tertiary/aromatic N) is 2. The van der Waals surface area contributed by atoms with Gasteiger partial charge in [0.25, 0.3) is 5.91 Å². The van der Waals surface area contributed by atoms with Crippen LogP contribution in [-0.4, -0.2) is 114 Å². The zero-order valence-electron chi connectivity index (χ0n) is 34.7. The minimum Gasteiger partial charge on any atom is -0.444 e. The van der Waals surface area contributed by atoms with Crippen LogP contribution in [0.4, 0.5) is 9.59 Å². The lowest BCUT2D eigenvalue weighted by Gasteiger charge is -2.35. The third-order valence-corrected chi connectivity index (χ3v) is 14.2. The smallest absolute Gasteiger partial charge is 0.410 e. The molecule has 0 aromatic heterocycles. The molecule has 6 aliphatic rings. The van der Waals surface area contributed by atoms with Crippen molar-refractivity contribution >= 4 is 45.8 Å². The highest BCUT2D eigenvalue weighted by Crippen LogP contribution is 2.45. The molecule has 3 heterocycles. The second-order valence-electron chi connectivity index (χ2n) is 18.1. The number of amides is 6. The van der Waals surface area contributed by atoms with E-state index in [1.165, 1.54) is 11.0 Å². The number of sulfonamides is 1. The van der Waals surface area contributed by atoms with Crippen LogP contribution in [0.25, 0.3) is 0 Å². The molecule has 3 saturated carbocycles. The van der Waals surface area contributed by atoms with Crippen molar-refractivity contribution in [2.24, 2.45) is 11.8 Å². The van der Waals surface area contributed by atoms with Crippen molar-refractivity contribution in [3.05, 3.63) is 47.5 Å². The van der Waals surface area contributed by atoms with Crippen molar-refractivity contribution in [1.82, 2.24) is 30.5 Å². The molecule has 17 nitrogen and oxygen atoms in total. The summed E-state index contributed by atoms with van der Waals surface area (Å²) in [5.41, 5.74) is 0.536. The SMILES string of the molecule is C=C[C@@H]1C[C@]1(NC(=O)[C@@H]1C[C@@H]2CN1C(=O)[C@H](C1CCCCC1)NC(=O)[C@@H](NC(=O)OC(C)(C)C)COCCCc1cccc3c1CN(C3)C(=O)O2)C(=O)NS(=O)(=O)C1CC1. The van der Waals surface area contributed by atoms with Gasteiger partial charge in [-0.25, -0.2) is 18.0 Å². The van der Waals surface area contributed by atoms with Crippen molar-refractivity contribution in [2.45, 2.75) is 145 Å². The Bertz CT molecular complexity index is 1990. The molecule has 3 aliphatic heterocycles. The molecule has 4 bridgehead atoms. The first kappa shape index (κ1) is 43.4. The predicted molar refractivity (Wildman–Crippen MR) is 216 cm³/mol. The monoisotopic (exact) mass is 854 g/mol. The van der Waals surface area contributed by atoms with E-state index in [-0.39, 0.29) is 38.5 Å². The molecule has 328 valence electrons. The van der Waals surface area contributed by atoms with Crippen LogP contribution in [0.15, 0.2) is 30.9 Å². The van der Waals surface area contributed by atoms with Crippen LogP contribution in [0, 0.1) is 11.8 Å². The van der Waals surface area contributed by atoms with Crippen molar-refractivity contribution in [3.8, 4) is 0 Å². The van der Waals surface area contributed by atoms with E-state index in [2.05, 4.69) is 27.3 Å². The maximum atomic E-state index is 15.0. The Morgan fingerprint density at radius 2 is 1.75 bits per heavy atom. The molecule has 6 amide bonds. The van der Waals surface area contributed by atoms with Crippen LogP contribution < -0.4 is 20.7 Å². The van der Waals surface area contributed by atoms with E-state index >= 15 is 0 Å². The number of alkyl carbamates (subject to hydrolysis) is 1. The summed E-state index contributed by atoms with van der Waals surface area (Å²) in [5, 5.41) is 7.64. The quantitative estimate of drug-likeness (QED) is 0.279. The maximum Gasteiger partial charge on any atom is 0.410 e. The molecule has 0 radical (unpaired) electrons. The molecule has 0 spiro atoms. The highest BCUT2D eigenvalue weighted by Gasteiger charge is 2.62. The van der Waals surface area contributed by atoms with Crippen molar-refractivity contribution < 1.29 is 51.4 Å². The zero-order valence-corrected chi connectivity index (χ0v) is 35.5. The van der Waals surface area contributed by atoms with E-state index in [9.17, 15) is 37.2 Å². The normalized spacial score (nSPS) is 29.2. The summed E-state index contributed by atoms with van der Waals surface area (Å²) in [5.74, 6) is -3.79. The van der Waals surface area contributed by atoms with Crippen LogP contribution >= 0.6 is 0 Å². The number of carbonyl (C=O) groups excluding carboxylic acids is 6. The molecule has 18 heteroatoms. The van der Waals surface area contributed by atoms with Gasteiger partial charge in [-0.05, 0) is 88.3 Å². The number of benzene rings is 1. The summed E-state index contributed by atoms with van der Waals surface area (Å²) in [4.78, 5) is 87.0. The summed E-state index contributed by atoms with van der Waals surface area (Å²) in [7, 11) is -3.95. The molecular formula is C42H58N6O11S. The van der Waals surface area contributed by atoms with E-state index in [4.69, 9.17) is 14.2 Å². The third-order valence-electron chi connectivity index (χ3n) is 12.4. The lowest BCUT2D eigenvalue weighted by Crippen LogP contribution is -2.61. The van der Waals surface area contributed by atoms with Gasteiger partial charge in [-0.2, -0.15) is 0 Å². The number of hydrogen-bond donors (Lipinski definition) is 4. The Morgan fingerprint density at radius 3 is 2.43 bits per heavy atom. The van der Waals surface area contributed by atoms with Gasteiger partial charge in [0.2, 0.25) is 27.7 Å². The number of hydrogen-bond acceptors (Lipinski definition) is 11. The number of aryl methyl sites for hydroxylation is 1. The van der Waals surface area contributed by atoms with E-state index in [1.54, 1.807) is 25.7 Å². The Balaban J connectivity index is 1.20. The summed E-state index contributed by atoms with van der Waals surface area (Å²) < 4.78 is 45.3. The van der Waals surface area contributed by atoms with Crippen molar-refractivity contribution in [2.75, 3.05) is 19.8 Å². The number of ether oxygens (including phenoxy) is 3. The average Bonchev–Trinajstić information content (AvgIpc) is 4.09. The summed E-state index contributed by atoms with van der Waals surface area (Å²) in [6.45, 7) is 9.36. The van der Waals surface area contributed by atoms with Crippen LogP contribution in [0.1, 0.15) is 102 Å². The van der Waals surface area contributed by atoms with E-state index in [0.717, 1.165) is 36.0 Å². The summed E-state index contributed by atoms with van der Waals surface area (Å²) >= 11 is 0. The molecule has 60 heavy (non-hydrogen) atoms. The first-order valence-electron chi connectivity index (χ1n) is 21.2. The first-order valence-corrected chi connectivity index (χ1v) is 22.8. The number of fused-ring (bicyclic) bond motifs is 3. The van der Waals surface area contributed by atoms with Gasteiger partial charge in [0.1, 0.15) is 35.4 Å². The predicted octanol–water partition coefficient (Wildman–Crippen LogP) is 2.70. The fraction of sp³-hybridized carbons (Fsp3) is 0.667. The highest BCUT2D eigenvalue weighted by atomic mass is 32.2. The summed E-state index contributed by atoms with van der Waals surface area (Å²) in [6.07, 6.45) is 4.94. The van der Waals surface area contributed by atoms with E-state index in [0.29, 0.717) is 51.6 Å². The number of carbonyl (C=O) groups is 6. The van der Waals surface area contributed by atoms with Gasteiger partial charge in [0.05, 0.1) is 18.4 Å². The average molecular weight is 855 g/mol. The largest absolute Gasteiger partial charge is 0.444 e. The molecule has 1 aromatic rings. The van der Waals surface area contributed by atoms with E-state index in [1.807, 2.05) is 18.2 Å². The Morgan fingerprint density at radius 1 is 1.02 bits per heavy atom. The van der Waals surface area contributed by atoms with Gasteiger partial charge in [0, 0.05) is 32.0 Å². The standard InChI is InChI=1S/C42H58N6O11S/c1-5-28-20-42(28,38(52)46-60(55,56)30-16-17-30)45-36(50)33-19-29-22-48(33)37(51)34(26-11-7-6-8-12-26)44-35(49)32(43-39(53)59-41(2,3)4)24-57-18-10-15-25-13-9-14-27-21-47(23-31(25)27)40(54)58-29/h5,9,13-14,26,28-30,32-34H,1,6-8,10-12,15-24H2,2-4H3,(H,43,53)(H,44,49)(H,45,50)(H,46,52)/t28-,29-,32+,33+,34+,42-/m1/s1. The van der Waals surface area contributed by atoms with Gasteiger partial charge in [-0.1, -0.05) is 43.5 Å². The second-order valence-corrected chi connectivity index (χ2v) is 20.1. The summed E-state index contributed by atoms with van der Waals surface area (Å²) in [6, 6.07) is 2.24. The van der Waals surface area contributed by atoms with Crippen LogP contribution in [0.5, 0.6) is 0 Å². The maximum absolute atomic E-state index is 15.0. The molecule has 4 N–H and O–H groups in total. The van der Waals surface area contributed by atoms with Gasteiger partial charge in [0.15, 0.2) is 0 Å². The fourth-order valence-electron chi connectivity index (χ4n) is 8.95. The van der Waals surface area contributed by atoms with Crippen LogP contribution in [0.2, 0.25) is 0 Å². The molecule has 1 saturated heterocycles. The number of rotatable bonds is 8. The van der Waals surface area contributed by atoms with Crippen molar-refractivity contribution in [1.29, 1.82) is 0 Å². The van der Waals surface area contributed by atoms with Gasteiger partial charge < -0.3 is 35.1 Å². The van der Waals surface area contributed by atoms with Gasteiger partial charge in [-0.3, -0.25) is 28.8 Å². The van der Waals surface area contributed by atoms with E-state index < -0.39 is 92.4 Å². The van der Waals surface area contributed by atoms with Crippen molar-refractivity contribution in [3.63, 3.8) is 0 Å². The van der Waals surface area contributed by atoms with Gasteiger partial charge in [-0.15, -0.1) is 6.58 Å². The topological polar surface area (TPSA) is 219 Å². The lowest BCUT2D eigenvalue weighted by molar-refractivity contribution is -0.144. The molecule has 1 aromatic carbocycles. The minimum atomic E-state index is -3.95. The first-order chi connectivity index (χ1) is 28.5. The lowest BCUT2D eigenvalue weighted by atomic mass is 9.83. The number of nitrogens with one attached hydrogen (secondary N) is 4. The highest BCUT2D eigenvalue weighted by molar-refractivity contribution is 7.91. The Labute approximate surface area is 351 Å². The van der Waals surface area contributed by atoms with Gasteiger partial charge >= 0.3 is 12.2 Å². The third kappa shape index (κ3) is 9.74. The second kappa shape index (κ2) is 17.3. The molecule has 3 aliphatic carbocycles.